The van der Waals surface area contributed by atoms with Crippen molar-refractivity contribution in [3.8, 4) is 0 Å². The van der Waals surface area contributed by atoms with E-state index in [2.05, 4.69) is 4.98 Å². The van der Waals surface area contributed by atoms with Crippen molar-refractivity contribution in [2.24, 2.45) is 0 Å². The third-order valence-corrected chi connectivity index (χ3v) is 3.82. The van der Waals surface area contributed by atoms with Gasteiger partial charge in [-0.05, 0) is 24.6 Å². The van der Waals surface area contributed by atoms with E-state index in [1.807, 2.05) is 24.4 Å². The third kappa shape index (κ3) is 3.09. The maximum atomic E-state index is 12.1. The summed E-state index contributed by atoms with van der Waals surface area (Å²) in [6.45, 7) is 1.91. The molecule has 1 amide bonds. The van der Waals surface area contributed by atoms with E-state index < -0.39 is 0 Å². The summed E-state index contributed by atoms with van der Waals surface area (Å²) in [5.74, 6) is 0.0201. The van der Waals surface area contributed by atoms with Crippen molar-refractivity contribution in [3.05, 3.63) is 45.9 Å². The number of aryl methyl sites for hydroxylation is 1. The molecule has 0 saturated carbocycles. The number of hydrogen-bond donors (Lipinski definition) is 0. The fourth-order valence-electron chi connectivity index (χ4n) is 1.50. The van der Waals surface area contributed by atoms with Gasteiger partial charge in [0, 0.05) is 17.5 Å². The number of rotatable bonds is 3. The van der Waals surface area contributed by atoms with E-state index >= 15 is 0 Å². The number of carbonyl (C=O) groups excluding carboxylic acids is 1. The number of anilines is 1. The zero-order valence-corrected chi connectivity index (χ0v) is 11.8. The standard InChI is InChI=1S/C13H13ClN2OS/c1-9-8-18-13(15-9)16(2)12(17)7-10-3-5-11(14)6-4-10/h3-6,8H,7H2,1-2H3. The minimum atomic E-state index is 0.0201. The molecule has 3 nitrogen and oxygen atoms in total. The van der Waals surface area contributed by atoms with Crippen molar-refractivity contribution in [2.75, 3.05) is 11.9 Å². The third-order valence-electron chi connectivity index (χ3n) is 2.54. The summed E-state index contributed by atoms with van der Waals surface area (Å²) in [4.78, 5) is 17.9. The highest BCUT2D eigenvalue weighted by Crippen LogP contribution is 2.19. The van der Waals surface area contributed by atoms with Crippen molar-refractivity contribution < 1.29 is 4.79 Å². The van der Waals surface area contributed by atoms with Gasteiger partial charge in [-0.3, -0.25) is 9.69 Å². The summed E-state index contributed by atoms with van der Waals surface area (Å²) in [6.07, 6.45) is 0.353. The maximum Gasteiger partial charge on any atom is 0.232 e. The van der Waals surface area contributed by atoms with Gasteiger partial charge in [0.05, 0.1) is 12.1 Å². The zero-order valence-electron chi connectivity index (χ0n) is 10.2. The molecule has 0 fully saturated rings. The van der Waals surface area contributed by atoms with Gasteiger partial charge in [0.15, 0.2) is 5.13 Å². The van der Waals surface area contributed by atoms with Gasteiger partial charge in [0.1, 0.15) is 0 Å². The molecule has 0 aliphatic heterocycles. The van der Waals surface area contributed by atoms with Crippen molar-refractivity contribution in [1.29, 1.82) is 0 Å². The normalized spacial score (nSPS) is 10.4. The highest BCUT2D eigenvalue weighted by atomic mass is 35.5. The lowest BCUT2D eigenvalue weighted by Crippen LogP contribution is -2.27. The van der Waals surface area contributed by atoms with Gasteiger partial charge >= 0.3 is 0 Å². The lowest BCUT2D eigenvalue weighted by Gasteiger charge is -2.13. The first-order valence-electron chi connectivity index (χ1n) is 5.49. The number of nitrogens with zero attached hydrogens (tertiary/aromatic N) is 2. The highest BCUT2D eigenvalue weighted by Gasteiger charge is 2.14. The van der Waals surface area contributed by atoms with Crippen LogP contribution in [0, 0.1) is 6.92 Å². The molecule has 2 aromatic rings. The van der Waals surface area contributed by atoms with Crippen molar-refractivity contribution in [2.45, 2.75) is 13.3 Å². The summed E-state index contributed by atoms with van der Waals surface area (Å²) in [5.41, 5.74) is 1.88. The van der Waals surface area contributed by atoms with Gasteiger partial charge in [-0.15, -0.1) is 11.3 Å². The lowest BCUT2D eigenvalue weighted by molar-refractivity contribution is -0.117. The van der Waals surface area contributed by atoms with E-state index in [1.165, 1.54) is 11.3 Å². The predicted octanol–water partition coefficient (Wildman–Crippen LogP) is 3.31. The molecule has 2 rings (SSSR count). The fourth-order valence-corrected chi connectivity index (χ4v) is 2.41. The van der Waals surface area contributed by atoms with Crippen molar-refractivity contribution in [3.63, 3.8) is 0 Å². The minimum Gasteiger partial charge on any atom is -0.291 e. The Morgan fingerprint density at radius 1 is 1.39 bits per heavy atom. The van der Waals surface area contributed by atoms with E-state index in [0.29, 0.717) is 11.4 Å². The molecule has 94 valence electrons. The van der Waals surface area contributed by atoms with E-state index in [1.54, 1.807) is 24.1 Å². The Hall–Kier alpha value is -1.39. The highest BCUT2D eigenvalue weighted by molar-refractivity contribution is 7.14. The Kier molecular flexibility index (Phi) is 3.99. The Labute approximate surface area is 115 Å². The molecule has 5 heteroatoms. The number of benzene rings is 1. The molecule has 0 radical (unpaired) electrons. The van der Waals surface area contributed by atoms with E-state index in [4.69, 9.17) is 11.6 Å². The largest absolute Gasteiger partial charge is 0.291 e. The number of likely N-dealkylation sites (N-methyl/N-ethyl adjacent to an activating group) is 1. The van der Waals surface area contributed by atoms with Crippen LogP contribution in [0.5, 0.6) is 0 Å². The number of carbonyl (C=O) groups is 1. The van der Waals surface area contributed by atoms with E-state index in [0.717, 1.165) is 16.4 Å². The topological polar surface area (TPSA) is 33.2 Å². The summed E-state index contributed by atoms with van der Waals surface area (Å²) in [6, 6.07) is 7.30. The summed E-state index contributed by atoms with van der Waals surface area (Å²) >= 11 is 7.28. The molecule has 1 aromatic carbocycles. The number of amides is 1. The molecule has 0 unspecified atom stereocenters. The first kappa shape index (κ1) is 13.1. The fraction of sp³-hybridized carbons (Fsp3) is 0.231. The Balaban J connectivity index is 2.05. The Morgan fingerprint density at radius 3 is 2.61 bits per heavy atom. The van der Waals surface area contributed by atoms with Crippen LogP contribution in [0.4, 0.5) is 5.13 Å². The Morgan fingerprint density at radius 2 is 2.06 bits per heavy atom. The predicted molar refractivity (Wildman–Crippen MR) is 75.4 cm³/mol. The second-order valence-electron chi connectivity index (χ2n) is 4.03. The van der Waals surface area contributed by atoms with E-state index in [-0.39, 0.29) is 5.91 Å². The van der Waals surface area contributed by atoms with Crippen molar-refractivity contribution in [1.82, 2.24) is 4.98 Å². The summed E-state index contributed by atoms with van der Waals surface area (Å²) < 4.78 is 0. The van der Waals surface area contributed by atoms with E-state index in [9.17, 15) is 4.79 Å². The van der Waals surface area contributed by atoms with Gasteiger partial charge in [0.25, 0.3) is 0 Å². The van der Waals surface area contributed by atoms with Crippen LogP contribution >= 0.6 is 22.9 Å². The number of halogens is 1. The molecule has 0 N–H and O–H groups in total. The first-order chi connectivity index (χ1) is 8.56. The number of hydrogen-bond acceptors (Lipinski definition) is 3. The van der Waals surface area contributed by atoms with Crippen LogP contribution < -0.4 is 4.90 Å². The van der Waals surface area contributed by atoms with Crippen LogP contribution in [-0.2, 0) is 11.2 Å². The summed E-state index contributed by atoms with van der Waals surface area (Å²) in [7, 11) is 1.75. The Bertz CT molecular complexity index is 550. The van der Waals surface area contributed by atoms with Crippen LogP contribution in [0.15, 0.2) is 29.6 Å². The second kappa shape index (κ2) is 5.50. The molecule has 0 saturated heterocycles. The molecular formula is C13H13ClN2OS. The molecule has 0 aliphatic carbocycles. The smallest absolute Gasteiger partial charge is 0.232 e. The van der Waals surface area contributed by atoms with Crippen LogP contribution in [-0.4, -0.2) is 17.9 Å². The molecule has 1 heterocycles. The quantitative estimate of drug-likeness (QED) is 0.864. The molecular weight excluding hydrogens is 268 g/mol. The SMILES string of the molecule is Cc1csc(N(C)C(=O)Cc2ccc(Cl)cc2)n1. The first-order valence-corrected chi connectivity index (χ1v) is 6.75. The van der Waals surface area contributed by atoms with Gasteiger partial charge in [-0.25, -0.2) is 4.98 Å². The van der Waals surface area contributed by atoms with Crippen molar-refractivity contribution >= 4 is 34.0 Å². The maximum absolute atomic E-state index is 12.1. The average Bonchev–Trinajstić information content (AvgIpc) is 2.78. The van der Waals surface area contributed by atoms with Gasteiger partial charge in [-0.1, -0.05) is 23.7 Å². The second-order valence-corrected chi connectivity index (χ2v) is 5.30. The van der Waals surface area contributed by atoms with Gasteiger partial charge in [0.2, 0.25) is 5.91 Å². The van der Waals surface area contributed by atoms with Gasteiger partial charge in [-0.2, -0.15) is 0 Å². The van der Waals surface area contributed by atoms with Crippen LogP contribution in [0.25, 0.3) is 0 Å². The van der Waals surface area contributed by atoms with Crippen LogP contribution in [0.1, 0.15) is 11.3 Å². The molecule has 0 bridgehead atoms. The lowest BCUT2D eigenvalue weighted by atomic mass is 10.1. The molecule has 0 aliphatic rings. The number of thiazole rings is 1. The monoisotopic (exact) mass is 280 g/mol. The number of aromatic nitrogens is 1. The average molecular weight is 281 g/mol. The zero-order chi connectivity index (χ0) is 13.1. The molecule has 0 spiro atoms. The minimum absolute atomic E-state index is 0.0201. The van der Waals surface area contributed by atoms with Crippen LogP contribution in [0.2, 0.25) is 5.02 Å². The van der Waals surface area contributed by atoms with Gasteiger partial charge < -0.3 is 0 Å². The molecule has 0 atom stereocenters. The molecule has 1 aromatic heterocycles. The summed E-state index contributed by atoms with van der Waals surface area (Å²) in [5, 5.41) is 3.34. The molecule has 18 heavy (non-hydrogen) atoms. The van der Waals surface area contributed by atoms with Crippen LogP contribution in [0.3, 0.4) is 0 Å².